The van der Waals surface area contributed by atoms with E-state index in [9.17, 15) is 9.59 Å². The number of unbranched alkanes of at least 4 members (excludes halogenated alkanes) is 8. The summed E-state index contributed by atoms with van der Waals surface area (Å²) >= 11 is 0. The Morgan fingerprint density at radius 1 is 0.741 bits per heavy atom. The molecule has 0 spiro atoms. The Labute approximate surface area is 167 Å². The van der Waals surface area contributed by atoms with E-state index in [4.69, 9.17) is 9.47 Å². The predicted octanol–water partition coefficient (Wildman–Crippen LogP) is 6.60. The van der Waals surface area contributed by atoms with E-state index in [-0.39, 0.29) is 6.10 Å². The maximum atomic E-state index is 12.8. The van der Waals surface area contributed by atoms with Gasteiger partial charge in [0.25, 0.3) is 0 Å². The quantitative estimate of drug-likeness (QED) is 0.161. The van der Waals surface area contributed by atoms with Crippen LogP contribution in [0.25, 0.3) is 0 Å². The highest BCUT2D eigenvalue weighted by Crippen LogP contribution is 2.31. The van der Waals surface area contributed by atoms with Crippen LogP contribution in [0.2, 0.25) is 0 Å². The summed E-state index contributed by atoms with van der Waals surface area (Å²) < 4.78 is 11.1. The molecular weight excluding hydrogens is 340 g/mol. The molecule has 0 aromatic heterocycles. The second kappa shape index (κ2) is 15.9. The normalized spacial score (nSPS) is 12.6. The summed E-state index contributed by atoms with van der Waals surface area (Å²) in [6.07, 6.45) is 13.0. The SMILES string of the molecule is CCCCCCCCOC(=O)C(CC)(CC)C(=O)OC(C)CCCCCC. The van der Waals surface area contributed by atoms with Gasteiger partial charge >= 0.3 is 11.9 Å². The lowest BCUT2D eigenvalue weighted by atomic mass is 9.82. The van der Waals surface area contributed by atoms with E-state index in [2.05, 4.69) is 13.8 Å². The first-order valence-electron chi connectivity index (χ1n) is 11.4. The van der Waals surface area contributed by atoms with Crippen molar-refractivity contribution in [1.29, 1.82) is 0 Å². The van der Waals surface area contributed by atoms with Crippen LogP contribution < -0.4 is 0 Å². The van der Waals surface area contributed by atoms with Gasteiger partial charge in [-0.1, -0.05) is 79.1 Å². The Kier molecular flexibility index (Phi) is 15.3. The molecule has 0 bridgehead atoms. The molecule has 1 unspecified atom stereocenters. The lowest BCUT2D eigenvalue weighted by molar-refractivity contribution is -0.176. The van der Waals surface area contributed by atoms with Gasteiger partial charge in [0.05, 0.1) is 12.7 Å². The zero-order valence-corrected chi connectivity index (χ0v) is 18.6. The zero-order valence-electron chi connectivity index (χ0n) is 18.6. The molecule has 0 N–H and O–H groups in total. The van der Waals surface area contributed by atoms with E-state index in [0.29, 0.717) is 19.4 Å². The Bertz CT molecular complexity index is 388. The molecule has 4 heteroatoms. The van der Waals surface area contributed by atoms with Crippen LogP contribution in [-0.4, -0.2) is 24.6 Å². The van der Waals surface area contributed by atoms with E-state index < -0.39 is 17.4 Å². The summed E-state index contributed by atoms with van der Waals surface area (Å²) in [7, 11) is 0. The zero-order chi connectivity index (χ0) is 20.5. The first-order valence-corrected chi connectivity index (χ1v) is 11.4. The first kappa shape index (κ1) is 25.9. The van der Waals surface area contributed by atoms with Crippen molar-refractivity contribution >= 4 is 11.9 Å². The fourth-order valence-electron chi connectivity index (χ4n) is 3.31. The highest BCUT2D eigenvalue weighted by molar-refractivity contribution is 6.00. The predicted molar refractivity (Wildman–Crippen MR) is 112 cm³/mol. The number of carbonyl (C=O) groups excluding carboxylic acids is 2. The van der Waals surface area contributed by atoms with Gasteiger partial charge in [-0.15, -0.1) is 0 Å². The summed E-state index contributed by atoms with van der Waals surface area (Å²) in [4.78, 5) is 25.4. The molecule has 0 amide bonds. The van der Waals surface area contributed by atoms with Gasteiger partial charge in [-0.05, 0) is 39.0 Å². The maximum absolute atomic E-state index is 12.8. The highest BCUT2D eigenvalue weighted by atomic mass is 16.6. The van der Waals surface area contributed by atoms with Crippen molar-refractivity contribution in [2.45, 2.75) is 124 Å². The summed E-state index contributed by atoms with van der Waals surface area (Å²) in [5.74, 6) is -0.826. The van der Waals surface area contributed by atoms with E-state index in [0.717, 1.165) is 32.1 Å². The maximum Gasteiger partial charge on any atom is 0.323 e. The van der Waals surface area contributed by atoms with Crippen molar-refractivity contribution in [3.05, 3.63) is 0 Å². The minimum atomic E-state index is -1.15. The van der Waals surface area contributed by atoms with Crippen LogP contribution in [0, 0.1) is 5.41 Å². The number of rotatable bonds is 17. The van der Waals surface area contributed by atoms with Gasteiger partial charge < -0.3 is 9.47 Å². The summed E-state index contributed by atoms with van der Waals surface area (Å²) in [6, 6.07) is 0. The monoisotopic (exact) mass is 384 g/mol. The van der Waals surface area contributed by atoms with Gasteiger partial charge in [-0.25, -0.2) is 0 Å². The second-order valence-electron chi connectivity index (χ2n) is 7.76. The summed E-state index contributed by atoms with van der Waals surface area (Å²) in [5, 5.41) is 0. The molecule has 0 aliphatic carbocycles. The second-order valence-corrected chi connectivity index (χ2v) is 7.76. The third kappa shape index (κ3) is 10.2. The van der Waals surface area contributed by atoms with Crippen LogP contribution >= 0.6 is 0 Å². The minimum absolute atomic E-state index is 0.154. The smallest absolute Gasteiger partial charge is 0.323 e. The van der Waals surface area contributed by atoms with Crippen LogP contribution in [0.1, 0.15) is 118 Å². The van der Waals surface area contributed by atoms with Crippen molar-refractivity contribution in [2.24, 2.45) is 5.41 Å². The number of hydrogen-bond donors (Lipinski definition) is 0. The fourth-order valence-corrected chi connectivity index (χ4v) is 3.31. The van der Waals surface area contributed by atoms with Crippen LogP contribution in [0.3, 0.4) is 0 Å². The molecule has 0 heterocycles. The molecule has 0 aliphatic heterocycles. The van der Waals surface area contributed by atoms with Crippen LogP contribution in [0.5, 0.6) is 0 Å². The van der Waals surface area contributed by atoms with Crippen molar-refractivity contribution < 1.29 is 19.1 Å². The van der Waals surface area contributed by atoms with Crippen LogP contribution in [-0.2, 0) is 19.1 Å². The highest BCUT2D eigenvalue weighted by Gasteiger charge is 2.46. The molecule has 4 nitrogen and oxygen atoms in total. The Morgan fingerprint density at radius 2 is 1.26 bits per heavy atom. The molecule has 0 aliphatic rings. The van der Waals surface area contributed by atoms with Gasteiger partial charge in [0.1, 0.15) is 0 Å². The van der Waals surface area contributed by atoms with Gasteiger partial charge in [0, 0.05) is 0 Å². The third-order valence-electron chi connectivity index (χ3n) is 5.49. The molecular formula is C23H44O4. The summed E-state index contributed by atoms with van der Waals surface area (Å²) in [6.45, 7) is 10.4. The lowest BCUT2D eigenvalue weighted by Crippen LogP contribution is -2.42. The third-order valence-corrected chi connectivity index (χ3v) is 5.49. The van der Waals surface area contributed by atoms with E-state index in [1.165, 1.54) is 38.5 Å². The molecule has 0 saturated carbocycles. The minimum Gasteiger partial charge on any atom is -0.465 e. The van der Waals surface area contributed by atoms with E-state index in [1.54, 1.807) is 0 Å². The first-order chi connectivity index (χ1) is 13.0. The summed E-state index contributed by atoms with van der Waals surface area (Å²) in [5.41, 5.74) is -1.15. The molecule has 0 fully saturated rings. The van der Waals surface area contributed by atoms with Crippen molar-refractivity contribution in [2.75, 3.05) is 6.61 Å². The van der Waals surface area contributed by atoms with Crippen LogP contribution in [0.15, 0.2) is 0 Å². The largest absolute Gasteiger partial charge is 0.465 e. The average molecular weight is 385 g/mol. The molecule has 27 heavy (non-hydrogen) atoms. The van der Waals surface area contributed by atoms with Crippen molar-refractivity contribution in [3.8, 4) is 0 Å². The van der Waals surface area contributed by atoms with Crippen LogP contribution in [0.4, 0.5) is 0 Å². The number of esters is 2. The molecule has 1 atom stereocenters. The van der Waals surface area contributed by atoms with Gasteiger partial charge in [0.2, 0.25) is 0 Å². The van der Waals surface area contributed by atoms with Crippen molar-refractivity contribution in [3.63, 3.8) is 0 Å². The Morgan fingerprint density at radius 3 is 1.81 bits per heavy atom. The Hall–Kier alpha value is -1.06. The molecule has 160 valence electrons. The Balaban J connectivity index is 4.43. The lowest BCUT2D eigenvalue weighted by Gasteiger charge is -2.28. The van der Waals surface area contributed by atoms with Gasteiger partial charge in [-0.2, -0.15) is 0 Å². The van der Waals surface area contributed by atoms with E-state index >= 15 is 0 Å². The molecule has 0 rings (SSSR count). The van der Waals surface area contributed by atoms with Gasteiger partial charge in [-0.3, -0.25) is 9.59 Å². The number of ether oxygens (including phenoxy) is 2. The standard InChI is InChI=1S/C23H44O4/c1-6-10-12-14-15-17-19-26-21(24)23(8-3,9-4)22(25)27-20(5)18-16-13-11-7-2/h20H,6-19H2,1-5H3. The number of hydrogen-bond acceptors (Lipinski definition) is 4. The average Bonchev–Trinajstić information content (AvgIpc) is 2.66. The number of carbonyl (C=O) groups is 2. The molecule has 0 saturated heterocycles. The topological polar surface area (TPSA) is 52.6 Å². The van der Waals surface area contributed by atoms with Gasteiger partial charge in [0.15, 0.2) is 5.41 Å². The van der Waals surface area contributed by atoms with E-state index in [1.807, 2.05) is 20.8 Å². The molecule has 0 aromatic rings. The fraction of sp³-hybridized carbons (Fsp3) is 0.913. The van der Waals surface area contributed by atoms with Crippen molar-refractivity contribution in [1.82, 2.24) is 0 Å². The molecule has 0 aromatic carbocycles. The molecule has 0 radical (unpaired) electrons.